The Hall–Kier alpha value is -1.60. The van der Waals surface area contributed by atoms with Gasteiger partial charge in [0.1, 0.15) is 19.3 Å². The standard InChI is InChI=1S/C24H43N5O3Si2/c1-33(2,3)12-10-31-18-28(19-32-11-13-34(4,5)6)23-14-22(20-8-7-9-25-15-20)27-24-21(17-30)16-26-29(23)24/h14,16-17,20,25H,7-13,15,18-19H2,1-6H3. The average molecular weight is 506 g/mol. The molecule has 1 saturated heterocycles. The van der Waals surface area contributed by atoms with E-state index in [0.717, 1.165) is 69.0 Å². The second kappa shape index (κ2) is 11.9. The van der Waals surface area contributed by atoms with Gasteiger partial charge in [0, 0.05) is 47.9 Å². The molecular weight excluding hydrogens is 462 g/mol. The number of piperidine rings is 1. The Kier molecular flexibility index (Phi) is 9.44. The smallest absolute Gasteiger partial charge is 0.168 e. The molecule has 0 radical (unpaired) electrons. The zero-order valence-corrected chi connectivity index (χ0v) is 23.9. The van der Waals surface area contributed by atoms with Gasteiger partial charge < -0.3 is 19.7 Å². The molecule has 8 nitrogen and oxygen atoms in total. The number of anilines is 1. The van der Waals surface area contributed by atoms with Gasteiger partial charge in [-0.1, -0.05) is 39.3 Å². The summed E-state index contributed by atoms with van der Waals surface area (Å²) in [7, 11) is -2.36. The van der Waals surface area contributed by atoms with Gasteiger partial charge in [0.15, 0.2) is 11.9 Å². The Bertz CT molecular complexity index is 911. The van der Waals surface area contributed by atoms with Gasteiger partial charge in [-0.15, -0.1) is 0 Å². The molecule has 3 heterocycles. The van der Waals surface area contributed by atoms with Gasteiger partial charge in [0.25, 0.3) is 0 Å². The van der Waals surface area contributed by atoms with Crippen LogP contribution in [-0.2, 0) is 9.47 Å². The van der Waals surface area contributed by atoms with Gasteiger partial charge in [-0.25, -0.2) is 4.98 Å². The van der Waals surface area contributed by atoms with Crippen molar-refractivity contribution < 1.29 is 14.3 Å². The number of carbonyl (C=O) groups excluding carboxylic acids is 1. The van der Waals surface area contributed by atoms with Crippen LogP contribution in [0.3, 0.4) is 0 Å². The molecule has 0 saturated carbocycles. The Morgan fingerprint density at radius 3 is 2.29 bits per heavy atom. The lowest BCUT2D eigenvalue weighted by Crippen LogP contribution is -2.34. The van der Waals surface area contributed by atoms with E-state index in [9.17, 15) is 4.79 Å². The first-order valence-corrected chi connectivity index (χ1v) is 19.9. The van der Waals surface area contributed by atoms with Crippen LogP contribution in [0.1, 0.15) is 34.8 Å². The van der Waals surface area contributed by atoms with E-state index in [2.05, 4.69) is 60.7 Å². The number of hydrogen-bond donors (Lipinski definition) is 1. The lowest BCUT2D eigenvalue weighted by Gasteiger charge is -2.28. The molecule has 1 aliphatic heterocycles. The van der Waals surface area contributed by atoms with E-state index in [1.54, 1.807) is 10.7 Å². The summed E-state index contributed by atoms with van der Waals surface area (Å²) < 4.78 is 14.0. The molecule has 3 rings (SSSR count). The van der Waals surface area contributed by atoms with Gasteiger partial charge in [0.05, 0.1) is 17.5 Å². The lowest BCUT2D eigenvalue weighted by atomic mass is 9.96. The molecule has 2 aromatic heterocycles. The van der Waals surface area contributed by atoms with Crippen LogP contribution >= 0.6 is 0 Å². The highest BCUT2D eigenvalue weighted by Gasteiger charge is 2.23. The van der Waals surface area contributed by atoms with Crippen LogP contribution in [0, 0.1) is 0 Å². The predicted octanol–water partition coefficient (Wildman–Crippen LogP) is 4.44. The summed E-state index contributed by atoms with van der Waals surface area (Å²) in [5, 5.41) is 7.98. The first-order chi connectivity index (χ1) is 16.1. The molecule has 0 bridgehead atoms. The van der Waals surface area contributed by atoms with Gasteiger partial charge in [0.2, 0.25) is 0 Å². The normalized spacial score (nSPS) is 17.3. The van der Waals surface area contributed by atoms with E-state index in [-0.39, 0.29) is 0 Å². The SMILES string of the molecule is C[Si](C)(C)CCOCN(COCC[Si](C)(C)C)c1cc(C2CCCNC2)nc2c(C=O)cnn12. The topological polar surface area (TPSA) is 81.0 Å². The molecule has 2 aromatic rings. The molecule has 1 unspecified atom stereocenters. The minimum Gasteiger partial charge on any atom is -0.361 e. The third-order valence-corrected chi connectivity index (χ3v) is 9.56. The molecule has 0 aliphatic carbocycles. The monoisotopic (exact) mass is 505 g/mol. The summed E-state index contributed by atoms with van der Waals surface area (Å²) in [5.41, 5.74) is 2.10. The van der Waals surface area contributed by atoms with Crippen molar-refractivity contribution >= 4 is 33.9 Å². The number of nitrogens with one attached hydrogen (secondary N) is 1. The summed E-state index contributed by atoms with van der Waals surface area (Å²) in [4.78, 5) is 18.6. The summed E-state index contributed by atoms with van der Waals surface area (Å²) in [6.45, 7) is 18.4. The molecular formula is C24H43N5O3Si2. The lowest BCUT2D eigenvalue weighted by molar-refractivity contribution is 0.0942. The van der Waals surface area contributed by atoms with Crippen molar-refractivity contribution in [2.45, 2.75) is 70.1 Å². The van der Waals surface area contributed by atoms with E-state index >= 15 is 0 Å². The highest BCUT2D eigenvalue weighted by molar-refractivity contribution is 6.76. The van der Waals surface area contributed by atoms with Crippen LogP contribution in [-0.4, -0.2) is 76.8 Å². The Balaban J connectivity index is 1.87. The van der Waals surface area contributed by atoms with Gasteiger partial charge >= 0.3 is 0 Å². The number of nitrogens with zero attached hydrogens (tertiary/aromatic N) is 4. The van der Waals surface area contributed by atoms with Gasteiger partial charge in [-0.05, 0) is 31.5 Å². The van der Waals surface area contributed by atoms with Crippen molar-refractivity contribution in [3.05, 3.63) is 23.5 Å². The molecule has 0 aromatic carbocycles. The largest absolute Gasteiger partial charge is 0.361 e. The van der Waals surface area contributed by atoms with E-state index in [0.29, 0.717) is 30.6 Å². The maximum Gasteiger partial charge on any atom is 0.168 e. The average Bonchev–Trinajstić information content (AvgIpc) is 3.20. The fourth-order valence-electron chi connectivity index (χ4n) is 3.88. The molecule has 0 spiro atoms. The third kappa shape index (κ3) is 7.98. The van der Waals surface area contributed by atoms with E-state index in [1.165, 1.54) is 0 Å². The fraction of sp³-hybridized carbons (Fsp3) is 0.708. The van der Waals surface area contributed by atoms with Crippen molar-refractivity contribution in [3.63, 3.8) is 0 Å². The minimum absolute atomic E-state index is 0.314. The van der Waals surface area contributed by atoms with Crippen LogP contribution < -0.4 is 10.2 Å². The summed E-state index contributed by atoms with van der Waals surface area (Å²) in [6.07, 6.45) is 4.63. The van der Waals surface area contributed by atoms with Gasteiger partial charge in [-0.3, -0.25) is 4.79 Å². The summed E-state index contributed by atoms with van der Waals surface area (Å²) >= 11 is 0. The van der Waals surface area contributed by atoms with Crippen molar-refractivity contribution in [1.82, 2.24) is 19.9 Å². The predicted molar refractivity (Wildman–Crippen MR) is 144 cm³/mol. The first kappa shape index (κ1) is 27.0. The maximum absolute atomic E-state index is 11.7. The maximum atomic E-state index is 11.7. The van der Waals surface area contributed by atoms with Crippen molar-refractivity contribution in [2.24, 2.45) is 0 Å². The molecule has 1 aliphatic rings. The zero-order chi connectivity index (χ0) is 24.8. The second-order valence-electron chi connectivity index (χ2n) is 11.8. The van der Waals surface area contributed by atoms with Crippen LogP contribution in [0.25, 0.3) is 5.65 Å². The molecule has 1 N–H and O–H groups in total. The van der Waals surface area contributed by atoms with Gasteiger partial charge in [-0.2, -0.15) is 9.61 Å². The molecule has 1 atom stereocenters. The second-order valence-corrected chi connectivity index (χ2v) is 23.0. The number of rotatable bonds is 13. The number of carbonyl (C=O) groups is 1. The highest BCUT2D eigenvalue weighted by atomic mass is 28.3. The zero-order valence-electron chi connectivity index (χ0n) is 21.9. The van der Waals surface area contributed by atoms with Crippen LogP contribution in [0.15, 0.2) is 12.3 Å². The van der Waals surface area contributed by atoms with Crippen LogP contribution in [0.2, 0.25) is 51.4 Å². The fourth-order valence-corrected chi connectivity index (χ4v) is 5.39. The molecule has 34 heavy (non-hydrogen) atoms. The van der Waals surface area contributed by atoms with E-state index in [4.69, 9.17) is 14.5 Å². The van der Waals surface area contributed by atoms with E-state index in [1.807, 2.05) is 0 Å². The number of aromatic nitrogens is 3. The van der Waals surface area contributed by atoms with Crippen LogP contribution in [0.5, 0.6) is 0 Å². The molecule has 10 heteroatoms. The minimum atomic E-state index is -1.18. The quantitative estimate of drug-likeness (QED) is 0.186. The highest BCUT2D eigenvalue weighted by Crippen LogP contribution is 2.27. The van der Waals surface area contributed by atoms with Crippen molar-refractivity contribution in [3.8, 4) is 0 Å². The Morgan fingerprint density at radius 1 is 1.12 bits per heavy atom. The Morgan fingerprint density at radius 2 is 1.76 bits per heavy atom. The molecule has 190 valence electrons. The van der Waals surface area contributed by atoms with Crippen LogP contribution in [0.4, 0.5) is 5.82 Å². The summed E-state index contributed by atoms with van der Waals surface area (Å²) in [6, 6.07) is 4.33. The number of aldehydes is 1. The number of fused-ring (bicyclic) bond motifs is 1. The van der Waals surface area contributed by atoms with Crippen molar-refractivity contribution in [1.29, 1.82) is 0 Å². The number of hydrogen-bond acceptors (Lipinski definition) is 7. The molecule has 1 fully saturated rings. The Labute approximate surface area is 206 Å². The van der Waals surface area contributed by atoms with E-state index < -0.39 is 16.1 Å². The third-order valence-electron chi connectivity index (χ3n) is 6.15. The molecule has 0 amide bonds. The first-order valence-electron chi connectivity index (χ1n) is 12.5. The number of ether oxygens (including phenoxy) is 2. The van der Waals surface area contributed by atoms with Crippen molar-refractivity contribution in [2.75, 3.05) is 44.7 Å². The summed E-state index contributed by atoms with van der Waals surface area (Å²) in [5.74, 6) is 1.18.